The van der Waals surface area contributed by atoms with Crippen molar-refractivity contribution < 1.29 is 32.0 Å². The van der Waals surface area contributed by atoms with E-state index in [2.05, 4.69) is 5.90 Å². The number of rotatable bonds is 0. The number of hydrogen-bond donors (Lipinski definition) is 3. The molecule has 0 fully saturated rings. The van der Waals surface area contributed by atoms with E-state index >= 15 is 0 Å². The second-order valence-electron chi connectivity index (χ2n) is 0.238. The molecule has 0 atom stereocenters. The summed E-state index contributed by atoms with van der Waals surface area (Å²) in [7, 11) is 0. The molecule has 0 radical (unpaired) electrons. The summed E-state index contributed by atoms with van der Waals surface area (Å²) in [6.45, 7) is 0. The minimum atomic E-state index is -3.69. The van der Waals surface area contributed by atoms with Crippen molar-refractivity contribution in [1.29, 1.82) is 0 Å². The van der Waals surface area contributed by atoms with E-state index in [-0.39, 0.29) is 0 Å². The van der Waals surface area contributed by atoms with Gasteiger partial charge in [-0.05, 0) is 0 Å². The van der Waals surface area contributed by atoms with E-state index in [4.69, 9.17) is 16.6 Å². The van der Waals surface area contributed by atoms with E-state index in [1.165, 1.54) is 0 Å². The third-order valence-corrected chi connectivity index (χ3v) is 0. The van der Waals surface area contributed by atoms with E-state index in [0.29, 0.717) is 0 Å². The molecule has 0 aliphatic heterocycles. The van der Waals surface area contributed by atoms with Crippen LogP contribution in [0.25, 0.3) is 0 Å². The Morgan fingerprint density at radius 1 is 1.33 bits per heavy atom. The van der Waals surface area contributed by atoms with Gasteiger partial charge in [0.15, 0.2) is 0 Å². The molecule has 0 aromatic rings. The van der Waals surface area contributed by atoms with E-state index < -0.39 is 15.4 Å². The van der Waals surface area contributed by atoms with E-state index in [9.17, 15) is 0 Å². The van der Waals surface area contributed by atoms with Crippen molar-refractivity contribution in [2.75, 3.05) is 0 Å². The average Bonchev–Trinajstić information content (AvgIpc) is 1.41. The monoisotopic (exact) mass is 133 g/mol. The van der Waals surface area contributed by atoms with Gasteiger partial charge in [0.1, 0.15) is 0 Å². The van der Waals surface area contributed by atoms with Crippen LogP contribution in [-0.4, -0.2) is 9.24 Å². The van der Waals surface area contributed by atoms with Gasteiger partial charge >= 0.3 is 26.8 Å². The van der Waals surface area contributed by atoms with Crippen LogP contribution in [0.3, 0.4) is 0 Å². The Labute approximate surface area is 38.7 Å². The molecule has 38 valence electrons. The van der Waals surface area contributed by atoms with Crippen LogP contribution in [0.5, 0.6) is 0 Å². The van der Waals surface area contributed by atoms with Crippen LogP contribution in [-0.2, 0) is 22.7 Å². The summed E-state index contributed by atoms with van der Waals surface area (Å²) in [4.78, 5) is 0. The molecule has 0 saturated carbocycles. The molecule has 0 aromatic carbocycles. The second-order valence-corrected chi connectivity index (χ2v) is 0.981. The van der Waals surface area contributed by atoms with Crippen LogP contribution in [0.2, 0.25) is 0 Å². The van der Waals surface area contributed by atoms with Crippen LogP contribution < -0.4 is 5.90 Å². The normalized spacial score (nSPS) is 5.17. The first kappa shape index (κ1) is 9.42. The van der Waals surface area contributed by atoms with Crippen molar-refractivity contribution in [1.82, 2.24) is 0 Å². The van der Waals surface area contributed by atoms with Gasteiger partial charge in [-0.15, -0.1) is 0 Å². The molecule has 0 heterocycles. The molecule has 0 rings (SSSR count). The molecule has 0 spiro atoms. The Kier molecular flexibility index (Phi) is 14.0. The first-order valence-electron chi connectivity index (χ1n) is 0.823. The molecule has 0 aliphatic rings. The Hall–Kier alpha value is 0.0644. The van der Waals surface area contributed by atoms with Crippen LogP contribution in [0.1, 0.15) is 0 Å². The van der Waals surface area contributed by atoms with Crippen molar-refractivity contribution in [3.8, 4) is 0 Å². The van der Waals surface area contributed by atoms with E-state index in [1.54, 1.807) is 0 Å². The van der Waals surface area contributed by atoms with Gasteiger partial charge in [0.05, 0.1) is 0 Å². The van der Waals surface area contributed by atoms with Gasteiger partial charge in [-0.25, -0.2) is 5.90 Å². The van der Waals surface area contributed by atoms with Gasteiger partial charge in [0, 0.05) is 0 Å². The van der Waals surface area contributed by atoms with Crippen molar-refractivity contribution in [2.24, 2.45) is 5.90 Å². The van der Waals surface area contributed by atoms with Gasteiger partial charge in [0.2, 0.25) is 0 Å². The maximum absolute atomic E-state index is 8.67. The average molecular weight is 133 g/mol. The van der Waals surface area contributed by atoms with Gasteiger partial charge in [-0.3, -0.25) is 0 Å². The van der Waals surface area contributed by atoms with Crippen molar-refractivity contribution in [3.63, 3.8) is 0 Å². The number of nitrogens with two attached hydrogens (primary N) is 1. The topological polar surface area (TPSA) is 101 Å². The fourth-order valence-corrected chi connectivity index (χ4v) is 0. The molecule has 0 saturated heterocycles. The molecule has 0 unspecified atom stereocenters. The number of hydrogen-bond acceptors (Lipinski definition) is 4. The zero-order valence-corrected chi connectivity index (χ0v) is 4.13. The molecular weight excluding hydrogens is 129 g/mol. The third kappa shape index (κ3) is 9200. The SMILES string of the molecule is NO.[O]=[V](=[O])[OH]. The summed E-state index contributed by atoms with van der Waals surface area (Å²) in [6, 6.07) is 0. The zero-order valence-electron chi connectivity index (χ0n) is 2.74. The molecule has 4 N–H and O–H groups in total. The minimum absolute atomic E-state index is 3.50. The summed E-state index contributed by atoms with van der Waals surface area (Å²) >= 11 is -3.69. The Balaban J connectivity index is 0. The van der Waals surface area contributed by atoms with E-state index in [1.807, 2.05) is 0 Å². The first-order chi connectivity index (χ1) is 2.73. The van der Waals surface area contributed by atoms with Gasteiger partial charge < -0.3 is 5.21 Å². The predicted octanol–water partition coefficient (Wildman–Crippen LogP) is -1.46. The Morgan fingerprint density at radius 3 is 1.33 bits per heavy atom. The van der Waals surface area contributed by atoms with Crippen LogP contribution in [0.15, 0.2) is 0 Å². The van der Waals surface area contributed by atoms with Crippen LogP contribution >= 0.6 is 0 Å². The van der Waals surface area contributed by atoms with Gasteiger partial charge in [-0.1, -0.05) is 0 Å². The molecule has 0 amide bonds. The molecule has 0 bridgehead atoms. The summed E-state index contributed by atoms with van der Waals surface area (Å²) in [5.41, 5.74) is 0. The second kappa shape index (κ2) is 8.91. The quantitative estimate of drug-likeness (QED) is 0.350. The molecule has 6 heavy (non-hydrogen) atoms. The maximum atomic E-state index is 8.67. The molecule has 0 aliphatic carbocycles. The Bertz CT molecular complexity index is 55.9. The Morgan fingerprint density at radius 2 is 1.33 bits per heavy atom. The zero-order chi connectivity index (χ0) is 5.58. The van der Waals surface area contributed by atoms with Crippen molar-refractivity contribution in [3.05, 3.63) is 0 Å². The van der Waals surface area contributed by atoms with Crippen LogP contribution in [0, 0.1) is 0 Å². The molecular formula is H4NO4V. The molecule has 6 heteroatoms. The summed E-state index contributed by atoms with van der Waals surface area (Å²) in [6.07, 6.45) is 0. The van der Waals surface area contributed by atoms with Crippen molar-refractivity contribution in [2.45, 2.75) is 0 Å². The predicted molar refractivity (Wildman–Crippen MR) is 9.57 cm³/mol. The van der Waals surface area contributed by atoms with Crippen molar-refractivity contribution >= 4 is 0 Å². The fourth-order valence-electron chi connectivity index (χ4n) is 0. The van der Waals surface area contributed by atoms with Crippen LogP contribution in [0.4, 0.5) is 0 Å². The fraction of sp³-hybridized carbons (Fsp3) is 0. The summed E-state index contributed by atoms with van der Waals surface area (Å²) in [5.74, 6) is 3.50. The summed E-state index contributed by atoms with van der Waals surface area (Å²) < 4.78 is 24.4. The molecule has 0 aromatic heterocycles. The molecule has 5 nitrogen and oxygen atoms in total. The van der Waals surface area contributed by atoms with Gasteiger partial charge in [-0.2, -0.15) is 0 Å². The van der Waals surface area contributed by atoms with Gasteiger partial charge in [0.25, 0.3) is 0 Å². The third-order valence-electron chi connectivity index (χ3n) is 0. The van der Waals surface area contributed by atoms with E-state index in [0.717, 1.165) is 0 Å². The summed E-state index contributed by atoms with van der Waals surface area (Å²) in [5, 5.41) is 6.50. The standard InChI is InChI=1S/H3NO.H2O.2O.V/c1-2;;;;/h2H,1H2;1H2;;;/q;;;;+1/p-1. The first-order valence-corrected chi connectivity index (χ1v) is 2.59.